The first kappa shape index (κ1) is 20.5. The molecule has 0 radical (unpaired) electrons. The molecule has 0 saturated carbocycles. The van der Waals surface area contributed by atoms with Gasteiger partial charge in [-0.15, -0.1) is 10.2 Å². The third-order valence-electron chi connectivity index (χ3n) is 3.28. The van der Waals surface area contributed by atoms with Crippen molar-refractivity contribution in [3.63, 3.8) is 0 Å². The van der Waals surface area contributed by atoms with Gasteiger partial charge in [-0.2, -0.15) is 0 Å². The van der Waals surface area contributed by atoms with Crippen LogP contribution in [0.4, 0.5) is 10.8 Å². The number of carbonyl (C=O) groups is 1. The minimum atomic E-state index is -3.33. The Balaban J connectivity index is 1.95. The minimum absolute atomic E-state index is 0.341. The molecule has 1 aromatic carbocycles. The van der Waals surface area contributed by atoms with E-state index in [2.05, 4.69) is 15.5 Å². The average Bonchev–Trinajstić information content (AvgIpc) is 3.01. The molecular weight excluding hydrogens is 396 g/mol. The number of aromatic nitrogens is 2. The number of carbonyl (C=O) groups excluding carboxylic acids is 1. The number of benzene rings is 1. The molecule has 1 aromatic heterocycles. The number of ether oxygens (including phenoxy) is 1. The highest BCUT2D eigenvalue weighted by atomic mass is 32.2. The van der Waals surface area contributed by atoms with E-state index < -0.39 is 16.1 Å². The molecule has 2 rings (SSSR count). The standard InChI is InChI=1S/C15H20N4O4S3/c1-5-24-15-18-17-14(25-15)16-13(20)10(2)23-12-8-6-11(7-9-12)19(3)26(4,21)22/h6-10H,5H2,1-4H3,(H,16,17,20)/t10-/m0/s1. The molecule has 8 nitrogen and oxygen atoms in total. The summed E-state index contributed by atoms with van der Waals surface area (Å²) in [5.74, 6) is 0.997. The smallest absolute Gasteiger partial charge is 0.266 e. The highest BCUT2D eigenvalue weighted by Crippen LogP contribution is 2.25. The Kier molecular flexibility index (Phi) is 6.84. The largest absolute Gasteiger partial charge is 0.481 e. The zero-order valence-electron chi connectivity index (χ0n) is 14.8. The molecule has 0 saturated heterocycles. The van der Waals surface area contributed by atoms with Gasteiger partial charge in [0.1, 0.15) is 5.75 Å². The highest BCUT2D eigenvalue weighted by Gasteiger charge is 2.18. The Morgan fingerprint density at radius 1 is 1.35 bits per heavy atom. The molecule has 142 valence electrons. The van der Waals surface area contributed by atoms with Crippen molar-refractivity contribution in [1.29, 1.82) is 0 Å². The van der Waals surface area contributed by atoms with Crippen LogP contribution in [0.25, 0.3) is 0 Å². The van der Waals surface area contributed by atoms with Crippen molar-refractivity contribution >= 4 is 49.8 Å². The number of nitrogens with one attached hydrogen (secondary N) is 1. The van der Waals surface area contributed by atoms with Crippen LogP contribution in [-0.4, -0.2) is 49.7 Å². The topological polar surface area (TPSA) is 101 Å². The predicted octanol–water partition coefficient (Wildman–Crippen LogP) is 2.45. The van der Waals surface area contributed by atoms with Gasteiger partial charge >= 0.3 is 0 Å². The molecule has 0 aliphatic heterocycles. The van der Waals surface area contributed by atoms with Crippen LogP contribution < -0.4 is 14.4 Å². The second kappa shape index (κ2) is 8.69. The molecule has 11 heteroatoms. The van der Waals surface area contributed by atoms with E-state index in [1.54, 1.807) is 43.0 Å². The van der Waals surface area contributed by atoms with E-state index in [0.29, 0.717) is 16.6 Å². The fourth-order valence-electron chi connectivity index (χ4n) is 1.83. The van der Waals surface area contributed by atoms with Gasteiger partial charge in [0.25, 0.3) is 5.91 Å². The molecule has 1 heterocycles. The van der Waals surface area contributed by atoms with Crippen LogP contribution >= 0.6 is 23.1 Å². The summed E-state index contributed by atoms with van der Waals surface area (Å²) < 4.78 is 30.6. The Bertz CT molecular complexity index is 852. The molecule has 26 heavy (non-hydrogen) atoms. The van der Waals surface area contributed by atoms with Crippen molar-refractivity contribution in [2.75, 3.05) is 28.7 Å². The van der Waals surface area contributed by atoms with E-state index in [-0.39, 0.29) is 5.91 Å². The lowest BCUT2D eigenvalue weighted by Gasteiger charge is -2.18. The minimum Gasteiger partial charge on any atom is -0.481 e. The molecule has 1 atom stereocenters. The first-order valence-corrected chi connectivity index (χ1v) is 11.3. The molecule has 0 aliphatic carbocycles. The first-order valence-electron chi connectivity index (χ1n) is 7.68. The Morgan fingerprint density at radius 3 is 2.58 bits per heavy atom. The van der Waals surface area contributed by atoms with Gasteiger partial charge in [-0.1, -0.05) is 30.0 Å². The quantitative estimate of drug-likeness (QED) is 0.521. The third-order valence-corrected chi connectivity index (χ3v) is 6.34. The molecular formula is C15H20N4O4S3. The number of thioether (sulfide) groups is 1. The van der Waals surface area contributed by atoms with E-state index in [0.717, 1.165) is 20.7 Å². The fourth-order valence-corrected chi connectivity index (χ4v) is 3.99. The number of anilines is 2. The summed E-state index contributed by atoms with van der Waals surface area (Å²) in [6.45, 7) is 3.63. The van der Waals surface area contributed by atoms with Gasteiger partial charge in [0.2, 0.25) is 15.2 Å². The average molecular weight is 417 g/mol. The van der Waals surface area contributed by atoms with Crippen LogP contribution in [0.5, 0.6) is 5.75 Å². The van der Waals surface area contributed by atoms with E-state index in [4.69, 9.17) is 4.74 Å². The van der Waals surface area contributed by atoms with Gasteiger partial charge in [-0.25, -0.2) is 8.42 Å². The number of hydrogen-bond acceptors (Lipinski definition) is 8. The van der Waals surface area contributed by atoms with Gasteiger partial charge < -0.3 is 4.74 Å². The summed E-state index contributed by atoms with van der Waals surface area (Å²) in [6, 6.07) is 6.45. The summed E-state index contributed by atoms with van der Waals surface area (Å²) in [6.07, 6.45) is 0.376. The van der Waals surface area contributed by atoms with Crippen molar-refractivity contribution in [1.82, 2.24) is 10.2 Å². The van der Waals surface area contributed by atoms with Crippen molar-refractivity contribution in [2.24, 2.45) is 0 Å². The maximum absolute atomic E-state index is 12.2. The van der Waals surface area contributed by atoms with Crippen LogP contribution in [0, 0.1) is 0 Å². The SMILES string of the molecule is CCSc1nnc(NC(=O)[C@H](C)Oc2ccc(N(C)S(C)(=O)=O)cc2)s1. The van der Waals surface area contributed by atoms with E-state index in [1.807, 2.05) is 6.92 Å². The zero-order chi connectivity index (χ0) is 19.3. The first-order chi connectivity index (χ1) is 12.2. The maximum Gasteiger partial charge on any atom is 0.266 e. The van der Waals surface area contributed by atoms with Crippen LogP contribution in [0.1, 0.15) is 13.8 Å². The normalized spacial score (nSPS) is 12.5. The maximum atomic E-state index is 12.2. The summed E-state index contributed by atoms with van der Waals surface area (Å²) in [5.41, 5.74) is 0.506. The third kappa shape index (κ3) is 5.58. The Hall–Kier alpha value is -1.85. The van der Waals surface area contributed by atoms with E-state index >= 15 is 0 Å². The number of nitrogens with zero attached hydrogens (tertiary/aromatic N) is 3. The van der Waals surface area contributed by atoms with E-state index in [1.165, 1.54) is 18.4 Å². The van der Waals surface area contributed by atoms with Crippen LogP contribution in [0.3, 0.4) is 0 Å². The van der Waals surface area contributed by atoms with Gasteiger partial charge in [0.15, 0.2) is 10.4 Å². The van der Waals surface area contributed by atoms with Gasteiger partial charge in [-0.05, 0) is 36.9 Å². The molecule has 0 bridgehead atoms. The van der Waals surface area contributed by atoms with Gasteiger partial charge in [0.05, 0.1) is 11.9 Å². The molecule has 0 aliphatic rings. The Morgan fingerprint density at radius 2 is 2.00 bits per heavy atom. The number of rotatable bonds is 8. The van der Waals surface area contributed by atoms with Crippen molar-refractivity contribution in [3.8, 4) is 5.75 Å². The zero-order valence-corrected chi connectivity index (χ0v) is 17.2. The summed E-state index contributed by atoms with van der Waals surface area (Å²) in [5, 5.41) is 11.0. The van der Waals surface area contributed by atoms with E-state index in [9.17, 15) is 13.2 Å². The molecule has 0 unspecified atom stereocenters. The lowest BCUT2D eigenvalue weighted by Crippen LogP contribution is -2.30. The lowest BCUT2D eigenvalue weighted by molar-refractivity contribution is -0.122. The highest BCUT2D eigenvalue weighted by molar-refractivity contribution is 8.01. The monoisotopic (exact) mass is 416 g/mol. The second-order valence-electron chi connectivity index (χ2n) is 5.28. The van der Waals surface area contributed by atoms with Crippen molar-refractivity contribution in [3.05, 3.63) is 24.3 Å². The lowest BCUT2D eigenvalue weighted by atomic mass is 10.3. The van der Waals surface area contributed by atoms with Gasteiger partial charge in [-0.3, -0.25) is 14.4 Å². The van der Waals surface area contributed by atoms with Crippen molar-refractivity contribution in [2.45, 2.75) is 24.3 Å². The summed E-state index contributed by atoms with van der Waals surface area (Å²) in [7, 11) is -1.86. The van der Waals surface area contributed by atoms with Crippen LogP contribution in [-0.2, 0) is 14.8 Å². The fraction of sp³-hybridized carbons (Fsp3) is 0.400. The molecule has 0 fully saturated rings. The summed E-state index contributed by atoms with van der Waals surface area (Å²) >= 11 is 2.86. The molecule has 1 amide bonds. The molecule has 0 spiro atoms. The summed E-state index contributed by atoms with van der Waals surface area (Å²) in [4.78, 5) is 12.2. The second-order valence-corrected chi connectivity index (χ2v) is 9.78. The van der Waals surface area contributed by atoms with Crippen LogP contribution in [0.15, 0.2) is 28.6 Å². The molecule has 1 N–H and O–H groups in total. The Labute approximate surface area is 161 Å². The number of amides is 1. The number of hydrogen-bond donors (Lipinski definition) is 1. The number of sulfonamides is 1. The van der Waals surface area contributed by atoms with Crippen molar-refractivity contribution < 1.29 is 17.9 Å². The molecule has 2 aromatic rings. The predicted molar refractivity (Wildman–Crippen MR) is 105 cm³/mol. The van der Waals surface area contributed by atoms with Crippen LogP contribution in [0.2, 0.25) is 0 Å². The van der Waals surface area contributed by atoms with Gasteiger partial charge in [0, 0.05) is 7.05 Å².